The predicted octanol–water partition coefficient (Wildman–Crippen LogP) is 2.71. The van der Waals surface area contributed by atoms with E-state index in [1.165, 1.54) is 31.6 Å². The molecular weight excluding hydrogens is 254 g/mol. The summed E-state index contributed by atoms with van der Waals surface area (Å²) in [6.07, 6.45) is 2.49. The maximum absolute atomic E-state index is 5.20. The number of methoxy groups -OCH3 is 1. The molecule has 0 N–H and O–H groups in total. The third-order valence-corrected chi connectivity index (χ3v) is 3.50. The lowest BCUT2D eigenvalue weighted by Crippen LogP contribution is -2.38. The van der Waals surface area contributed by atoms with Gasteiger partial charge >= 0.3 is 0 Å². The van der Waals surface area contributed by atoms with Crippen LogP contribution in [0.25, 0.3) is 0 Å². The van der Waals surface area contributed by atoms with E-state index < -0.39 is 0 Å². The smallest absolute Gasteiger partial charge is 0.133 e. The highest BCUT2D eigenvalue weighted by Crippen LogP contribution is 2.25. The van der Waals surface area contributed by atoms with Gasteiger partial charge in [-0.05, 0) is 59.6 Å². The predicted molar refractivity (Wildman–Crippen MR) is 65.5 cm³/mol. The average Bonchev–Trinajstić information content (AvgIpc) is 2.16. The number of halogens is 1. The van der Waals surface area contributed by atoms with Crippen LogP contribution in [-0.4, -0.2) is 31.6 Å². The van der Waals surface area contributed by atoms with Gasteiger partial charge in [0, 0.05) is 6.54 Å². The second-order valence-electron chi connectivity index (χ2n) is 3.91. The van der Waals surface area contributed by atoms with Crippen LogP contribution >= 0.6 is 15.9 Å². The fourth-order valence-electron chi connectivity index (χ4n) is 1.76. The van der Waals surface area contributed by atoms with Crippen molar-refractivity contribution in [1.82, 2.24) is 4.90 Å². The minimum Gasteiger partial charge on any atom is -0.496 e. The summed E-state index contributed by atoms with van der Waals surface area (Å²) in [6, 6.07) is 6.32. The Morgan fingerprint density at radius 3 is 2.73 bits per heavy atom. The highest BCUT2D eigenvalue weighted by atomic mass is 79.9. The number of likely N-dealkylation sites (tertiary alicyclic amines) is 1. The van der Waals surface area contributed by atoms with Crippen LogP contribution in [0.5, 0.6) is 5.75 Å². The van der Waals surface area contributed by atoms with Crippen molar-refractivity contribution in [3.05, 3.63) is 28.2 Å². The molecule has 15 heavy (non-hydrogen) atoms. The van der Waals surface area contributed by atoms with Gasteiger partial charge in [-0.3, -0.25) is 0 Å². The van der Waals surface area contributed by atoms with Crippen molar-refractivity contribution >= 4 is 15.9 Å². The summed E-state index contributed by atoms with van der Waals surface area (Å²) in [7, 11) is 1.69. The lowest BCUT2D eigenvalue weighted by Gasteiger charge is -2.30. The van der Waals surface area contributed by atoms with E-state index in [-0.39, 0.29) is 0 Å². The molecule has 3 heteroatoms. The Morgan fingerprint density at radius 1 is 1.40 bits per heavy atom. The van der Waals surface area contributed by atoms with Crippen molar-refractivity contribution in [2.75, 3.05) is 26.7 Å². The van der Waals surface area contributed by atoms with Gasteiger partial charge in [0.15, 0.2) is 0 Å². The first kappa shape index (κ1) is 11.0. The van der Waals surface area contributed by atoms with Crippen LogP contribution in [0.1, 0.15) is 12.0 Å². The van der Waals surface area contributed by atoms with E-state index in [9.17, 15) is 0 Å². The largest absolute Gasteiger partial charge is 0.496 e. The summed E-state index contributed by atoms with van der Waals surface area (Å²) in [6.45, 7) is 3.73. The lowest BCUT2D eigenvalue weighted by molar-refractivity contribution is 0.184. The maximum atomic E-state index is 5.20. The Bertz CT molecular complexity index is 336. The Balaban J connectivity index is 1.93. The van der Waals surface area contributed by atoms with Crippen molar-refractivity contribution in [3.63, 3.8) is 0 Å². The number of nitrogens with zero attached hydrogens (tertiary/aromatic N) is 1. The highest BCUT2D eigenvalue weighted by molar-refractivity contribution is 9.10. The molecule has 82 valence electrons. The second kappa shape index (κ2) is 4.99. The molecule has 1 aliphatic heterocycles. The molecule has 0 spiro atoms. The third kappa shape index (κ3) is 2.73. The van der Waals surface area contributed by atoms with E-state index in [1.807, 2.05) is 6.07 Å². The normalized spacial score (nSPS) is 16.1. The molecule has 0 unspecified atom stereocenters. The molecule has 1 aliphatic rings. The average molecular weight is 270 g/mol. The van der Waals surface area contributed by atoms with E-state index >= 15 is 0 Å². The SMILES string of the molecule is COc1ccc(CCN2CCC2)cc1Br. The van der Waals surface area contributed by atoms with Crippen molar-refractivity contribution < 1.29 is 4.74 Å². The van der Waals surface area contributed by atoms with E-state index in [0.717, 1.165) is 16.6 Å². The standard InChI is InChI=1S/C12H16BrNO/c1-15-12-4-3-10(9-11(12)13)5-8-14-6-2-7-14/h3-4,9H,2,5-8H2,1H3. The zero-order valence-electron chi connectivity index (χ0n) is 9.00. The summed E-state index contributed by atoms with van der Waals surface area (Å²) in [5.74, 6) is 0.905. The van der Waals surface area contributed by atoms with Gasteiger partial charge in [-0.2, -0.15) is 0 Å². The fraction of sp³-hybridized carbons (Fsp3) is 0.500. The molecule has 0 aromatic heterocycles. The molecular formula is C12H16BrNO. The Hall–Kier alpha value is -0.540. The van der Waals surface area contributed by atoms with Gasteiger partial charge < -0.3 is 9.64 Å². The molecule has 0 saturated carbocycles. The molecule has 1 saturated heterocycles. The lowest BCUT2D eigenvalue weighted by atomic mass is 10.1. The zero-order chi connectivity index (χ0) is 10.7. The summed E-state index contributed by atoms with van der Waals surface area (Å²) >= 11 is 3.51. The monoisotopic (exact) mass is 269 g/mol. The first-order valence-corrected chi connectivity index (χ1v) is 6.13. The van der Waals surface area contributed by atoms with Crippen LogP contribution in [0.3, 0.4) is 0 Å². The molecule has 2 rings (SSSR count). The minimum absolute atomic E-state index is 0.905. The van der Waals surface area contributed by atoms with Gasteiger partial charge in [0.05, 0.1) is 11.6 Å². The van der Waals surface area contributed by atoms with Crippen LogP contribution in [0.2, 0.25) is 0 Å². The van der Waals surface area contributed by atoms with Gasteiger partial charge in [-0.15, -0.1) is 0 Å². The van der Waals surface area contributed by atoms with Crippen molar-refractivity contribution in [1.29, 1.82) is 0 Å². The number of hydrogen-bond donors (Lipinski definition) is 0. The first-order valence-electron chi connectivity index (χ1n) is 5.34. The van der Waals surface area contributed by atoms with E-state index in [2.05, 4.69) is 33.0 Å². The highest BCUT2D eigenvalue weighted by Gasteiger charge is 2.12. The quantitative estimate of drug-likeness (QED) is 0.834. The summed E-state index contributed by atoms with van der Waals surface area (Å²) < 4.78 is 6.25. The first-order chi connectivity index (χ1) is 7.29. The number of ether oxygens (including phenoxy) is 1. The molecule has 0 radical (unpaired) electrons. The van der Waals surface area contributed by atoms with Crippen molar-refractivity contribution in [3.8, 4) is 5.75 Å². The van der Waals surface area contributed by atoms with Gasteiger partial charge in [0.2, 0.25) is 0 Å². The second-order valence-corrected chi connectivity index (χ2v) is 4.77. The molecule has 2 nitrogen and oxygen atoms in total. The molecule has 1 heterocycles. The fourth-order valence-corrected chi connectivity index (χ4v) is 2.35. The van der Waals surface area contributed by atoms with Crippen LogP contribution < -0.4 is 4.74 Å². The van der Waals surface area contributed by atoms with Gasteiger partial charge in [0.25, 0.3) is 0 Å². The van der Waals surface area contributed by atoms with E-state index in [1.54, 1.807) is 7.11 Å². The topological polar surface area (TPSA) is 12.5 Å². The molecule has 1 fully saturated rings. The molecule has 0 amide bonds. The molecule has 0 atom stereocenters. The Labute approximate surface area is 99.4 Å². The Morgan fingerprint density at radius 2 is 2.20 bits per heavy atom. The molecule has 1 aromatic rings. The van der Waals surface area contributed by atoms with E-state index in [4.69, 9.17) is 4.74 Å². The summed E-state index contributed by atoms with van der Waals surface area (Å²) in [4.78, 5) is 2.48. The Kier molecular flexibility index (Phi) is 3.65. The van der Waals surface area contributed by atoms with Crippen LogP contribution in [-0.2, 0) is 6.42 Å². The van der Waals surface area contributed by atoms with E-state index in [0.29, 0.717) is 0 Å². The van der Waals surface area contributed by atoms with Crippen LogP contribution in [0, 0.1) is 0 Å². The number of benzene rings is 1. The number of rotatable bonds is 4. The van der Waals surface area contributed by atoms with Gasteiger partial charge in [-0.25, -0.2) is 0 Å². The van der Waals surface area contributed by atoms with Crippen LogP contribution in [0.15, 0.2) is 22.7 Å². The molecule has 0 bridgehead atoms. The summed E-state index contributed by atoms with van der Waals surface area (Å²) in [5, 5.41) is 0. The molecule has 1 aromatic carbocycles. The van der Waals surface area contributed by atoms with Crippen molar-refractivity contribution in [2.24, 2.45) is 0 Å². The van der Waals surface area contributed by atoms with Gasteiger partial charge in [-0.1, -0.05) is 6.07 Å². The third-order valence-electron chi connectivity index (χ3n) is 2.88. The zero-order valence-corrected chi connectivity index (χ0v) is 10.6. The van der Waals surface area contributed by atoms with Crippen molar-refractivity contribution in [2.45, 2.75) is 12.8 Å². The summed E-state index contributed by atoms with van der Waals surface area (Å²) in [5.41, 5.74) is 1.37. The molecule has 0 aliphatic carbocycles. The minimum atomic E-state index is 0.905. The maximum Gasteiger partial charge on any atom is 0.133 e. The van der Waals surface area contributed by atoms with Crippen LogP contribution in [0.4, 0.5) is 0 Å². The number of hydrogen-bond acceptors (Lipinski definition) is 2. The van der Waals surface area contributed by atoms with Gasteiger partial charge in [0.1, 0.15) is 5.75 Å².